The summed E-state index contributed by atoms with van der Waals surface area (Å²) in [4.78, 5) is 19.5. The van der Waals surface area contributed by atoms with E-state index in [0.717, 1.165) is 0 Å². The summed E-state index contributed by atoms with van der Waals surface area (Å²) in [5.74, 6) is 0.399. The number of nitrogen functional groups attached to an aromatic ring is 1. The third-order valence-corrected chi connectivity index (χ3v) is 2.46. The normalized spacial score (nSPS) is 14.5. The molecule has 0 fully saturated rings. The molecule has 0 saturated carbocycles. The molecule has 1 aromatic heterocycles. The topological polar surface area (TPSA) is 172 Å². The van der Waals surface area contributed by atoms with Crippen molar-refractivity contribution < 1.29 is 14.9 Å². The molecule has 1 aromatic rings. The fourth-order valence-corrected chi connectivity index (χ4v) is 1.59. The number of hydrogen-bond donors (Lipinski definition) is 6. The highest BCUT2D eigenvalue weighted by Gasteiger charge is 2.24. The second kappa shape index (κ2) is 6.33. The zero-order chi connectivity index (χ0) is 13.1. The van der Waals surface area contributed by atoms with E-state index >= 15 is 0 Å². The van der Waals surface area contributed by atoms with Crippen LogP contribution in [0.25, 0.3) is 0 Å². The fraction of sp³-hybridized carbons (Fsp3) is 0.556. The molecule has 1 aliphatic rings. The predicted molar refractivity (Wildman–Crippen MR) is 68.9 cm³/mol. The van der Waals surface area contributed by atoms with Crippen LogP contribution in [0.15, 0.2) is 4.79 Å². The fourth-order valence-electron chi connectivity index (χ4n) is 1.59. The first kappa shape index (κ1) is 15.2. The molecule has 1 atom stereocenters. The van der Waals surface area contributed by atoms with Crippen molar-refractivity contribution in [2.45, 2.75) is 12.7 Å². The molecule has 10 nitrogen and oxygen atoms in total. The summed E-state index contributed by atoms with van der Waals surface area (Å²) in [5.41, 5.74) is 5.43. The van der Waals surface area contributed by atoms with Gasteiger partial charge in [0.25, 0.3) is 5.56 Å². The van der Waals surface area contributed by atoms with Gasteiger partial charge >= 0.3 is 0 Å². The molecule has 10 heteroatoms. The number of nitrogens with two attached hydrogens (primary N) is 1. The average Bonchev–Trinajstić information content (AvgIpc) is 2.70. The first-order valence-electron chi connectivity index (χ1n) is 5.41. The Morgan fingerprint density at radius 2 is 2.32 bits per heavy atom. The summed E-state index contributed by atoms with van der Waals surface area (Å²) in [5, 5.41) is 20.8. The van der Waals surface area contributed by atoms with Gasteiger partial charge < -0.3 is 37.1 Å². The van der Waals surface area contributed by atoms with Crippen molar-refractivity contribution in [2.24, 2.45) is 0 Å². The monoisotopic (exact) mass is 274 g/mol. The van der Waals surface area contributed by atoms with E-state index in [0.29, 0.717) is 18.2 Å². The van der Waals surface area contributed by atoms with Crippen molar-refractivity contribution in [2.75, 3.05) is 36.0 Å². The predicted octanol–water partition coefficient (Wildman–Crippen LogP) is -1.62. The quantitative estimate of drug-likeness (QED) is 0.345. The van der Waals surface area contributed by atoms with E-state index in [1.807, 2.05) is 0 Å². The molecule has 1 unspecified atom stereocenters. The smallest absolute Gasteiger partial charge is 0.277 e. The van der Waals surface area contributed by atoms with E-state index < -0.39 is 6.29 Å². The summed E-state index contributed by atoms with van der Waals surface area (Å²) in [6.45, 7) is 0.207. The number of H-pyrrole nitrogens is 1. The number of aromatic nitrogens is 2. The van der Waals surface area contributed by atoms with Crippen LogP contribution >= 0.6 is 0 Å². The minimum absolute atomic E-state index is 0. The Labute approximate surface area is 108 Å². The number of ether oxygens (including phenoxy) is 1. The molecule has 2 heterocycles. The number of nitrogens with one attached hydrogen (secondary N) is 2. The molecule has 0 spiro atoms. The van der Waals surface area contributed by atoms with Crippen molar-refractivity contribution >= 4 is 17.5 Å². The molecule has 19 heavy (non-hydrogen) atoms. The van der Waals surface area contributed by atoms with Crippen molar-refractivity contribution in [1.29, 1.82) is 0 Å². The lowest BCUT2D eigenvalue weighted by Crippen LogP contribution is -2.30. The van der Waals surface area contributed by atoms with Gasteiger partial charge in [0.05, 0.1) is 6.67 Å². The number of aliphatic hydroxyl groups is 2. The van der Waals surface area contributed by atoms with Crippen molar-refractivity contribution in [1.82, 2.24) is 16.1 Å². The molecule has 9 N–H and O–H groups in total. The van der Waals surface area contributed by atoms with Gasteiger partial charge in [-0.3, -0.25) is 9.78 Å². The van der Waals surface area contributed by atoms with Gasteiger partial charge in [-0.05, 0) is 0 Å². The van der Waals surface area contributed by atoms with Crippen LogP contribution in [0.1, 0.15) is 6.42 Å². The number of nitrogens with zero attached hydrogens (tertiary/aromatic N) is 2. The lowest BCUT2D eigenvalue weighted by atomic mass is 10.4. The minimum atomic E-state index is -1.06. The first-order chi connectivity index (χ1) is 8.61. The van der Waals surface area contributed by atoms with Gasteiger partial charge in [-0.2, -0.15) is 4.98 Å². The second-order valence-electron chi connectivity index (χ2n) is 3.79. The van der Waals surface area contributed by atoms with Crippen LogP contribution in [0.2, 0.25) is 0 Å². The van der Waals surface area contributed by atoms with Crippen molar-refractivity contribution in [3.63, 3.8) is 0 Å². The van der Waals surface area contributed by atoms with Gasteiger partial charge in [-0.25, -0.2) is 0 Å². The van der Waals surface area contributed by atoms with Gasteiger partial charge in [0.15, 0.2) is 12.1 Å². The lowest BCUT2D eigenvalue weighted by Gasteiger charge is -2.19. The van der Waals surface area contributed by atoms with Crippen LogP contribution < -0.4 is 27.7 Å². The van der Waals surface area contributed by atoms with Crippen LogP contribution in [0.4, 0.5) is 17.5 Å². The van der Waals surface area contributed by atoms with Gasteiger partial charge in [-0.15, -0.1) is 0 Å². The number of fused-ring (bicyclic) bond motifs is 1. The molecule has 2 rings (SSSR count). The zero-order valence-electron chi connectivity index (χ0n) is 10.3. The minimum Gasteiger partial charge on any atom is -0.396 e. The van der Waals surface area contributed by atoms with Gasteiger partial charge in [-0.1, -0.05) is 0 Å². The SMILES string of the molecule is N.Nc1nc2c(c(=O)[nH]1)NCN2COC(O)CCO. The summed E-state index contributed by atoms with van der Waals surface area (Å²) < 4.78 is 5.09. The van der Waals surface area contributed by atoms with Crippen molar-refractivity contribution in [3.05, 3.63) is 10.4 Å². The third kappa shape index (κ3) is 3.32. The van der Waals surface area contributed by atoms with E-state index in [9.17, 15) is 9.90 Å². The van der Waals surface area contributed by atoms with E-state index in [4.69, 9.17) is 15.6 Å². The Balaban J connectivity index is 0.00000180. The Kier molecular flexibility index (Phi) is 5.06. The van der Waals surface area contributed by atoms with Gasteiger partial charge in [0.1, 0.15) is 12.4 Å². The maximum Gasteiger partial charge on any atom is 0.277 e. The number of anilines is 3. The molecule has 0 bridgehead atoms. The summed E-state index contributed by atoms with van der Waals surface area (Å²) >= 11 is 0. The highest BCUT2D eigenvalue weighted by molar-refractivity contribution is 5.70. The van der Waals surface area contributed by atoms with Crippen molar-refractivity contribution in [3.8, 4) is 0 Å². The van der Waals surface area contributed by atoms with E-state index in [1.54, 1.807) is 4.90 Å². The molecule has 0 aliphatic carbocycles. The second-order valence-corrected chi connectivity index (χ2v) is 3.79. The van der Waals surface area contributed by atoms with E-state index in [1.165, 1.54) is 0 Å². The van der Waals surface area contributed by atoms with Crippen LogP contribution in [0, 0.1) is 0 Å². The number of aromatic amines is 1. The number of hydrogen-bond acceptors (Lipinski definition) is 9. The van der Waals surface area contributed by atoms with Crippen LogP contribution in [-0.2, 0) is 4.74 Å². The Hall–Kier alpha value is -1.88. The summed E-state index contributed by atoms with van der Waals surface area (Å²) in [6, 6.07) is 0. The third-order valence-electron chi connectivity index (χ3n) is 2.46. The molecule has 0 radical (unpaired) electrons. The standard InChI is InChI=1S/C9H15N5O4.H3N/c10-9-12-7-6(8(17)13-9)11-3-14(7)4-18-5(16)1-2-15;/h5,11,15-16H,1-4H2,(H3,10,12,13,17);1H3. The largest absolute Gasteiger partial charge is 0.396 e. The first-order valence-corrected chi connectivity index (χ1v) is 5.41. The molecule has 0 amide bonds. The lowest BCUT2D eigenvalue weighted by molar-refractivity contribution is -0.108. The van der Waals surface area contributed by atoms with Crippen LogP contribution in [-0.4, -0.2) is 46.5 Å². The number of rotatable bonds is 5. The summed E-state index contributed by atoms with van der Waals surface area (Å²) in [6.07, 6.45) is -0.933. The average molecular weight is 274 g/mol. The highest BCUT2D eigenvalue weighted by atomic mass is 16.6. The Morgan fingerprint density at radius 1 is 1.58 bits per heavy atom. The molecular formula is C9H18N6O4. The van der Waals surface area contributed by atoms with Crippen LogP contribution in [0.3, 0.4) is 0 Å². The van der Waals surface area contributed by atoms with E-state index in [-0.39, 0.29) is 37.4 Å². The molecule has 1 aliphatic heterocycles. The maximum absolute atomic E-state index is 11.5. The molecular weight excluding hydrogens is 256 g/mol. The molecule has 108 valence electrons. The Morgan fingerprint density at radius 3 is 3.00 bits per heavy atom. The zero-order valence-corrected chi connectivity index (χ0v) is 10.3. The molecule has 0 saturated heterocycles. The summed E-state index contributed by atoms with van der Waals surface area (Å²) in [7, 11) is 0. The van der Waals surface area contributed by atoms with E-state index in [2.05, 4.69) is 15.3 Å². The van der Waals surface area contributed by atoms with Crippen LogP contribution in [0.5, 0.6) is 0 Å². The van der Waals surface area contributed by atoms with Gasteiger partial charge in [0, 0.05) is 13.0 Å². The van der Waals surface area contributed by atoms with Gasteiger partial charge in [0.2, 0.25) is 5.95 Å². The number of aliphatic hydroxyl groups excluding tert-OH is 2. The maximum atomic E-state index is 11.5. The highest BCUT2D eigenvalue weighted by Crippen LogP contribution is 2.25. The molecule has 0 aromatic carbocycles. The Bertz CT molecular complexity index is 478.